The van der Waals surface area contributed by atoms with E-state index in [0.717, 1.165) is 0 Å². The van der Waals surface area contributed by atoms with Crippen molar-refractivity contribution >= 4 is 5.78 Å². The van der Waals surface area contributed by atoms with E-state index in [0.29, 0.717) is 24.0 Å². The molecule has 72 valence electrons. The molecule has 0 bridgehead atoms. The van der Waals surface area contributed by atoms with E-state index in [2.05, 4.69) is 6.58 Å². The second-order valence-electron chi connectivity index (χ2n) is 3.65. The molecule has 14 heavy (non-hydrogen) atoms. The van der Waals surface area contributed by atoms with Crippen LogP contribution in [0.3, 0.4) is 0 Å². The van der Waals surface area contributed by atoms with Gasteiger partial charge in [-0.3, -0.25) is 4.79 Å². The third kappa shape index (κ3) is 1.48. The lowest BCUT2D eigenvalue weighted by molar-refractivity contribution is -0.114. The third-order valence-electron chi connectivity index (χ3n) is 2.66. The van der Waals surface area contributed by atoms with Crippen LogP contribution in [-0.2, 0) is 4.79 Å². The molecule has 2 heteroatoms. The zero-order valence-corrected chi connectivity index (χ0v) is 7.79. The van der Waals surface area contributed by atoms with Gasteiger partial charge in [-0.25, -0.2) is 4.39 Å². The summed E-state index contributed by atoms with van der Waals surface area (Å²) < 4.78 is 13.4. The maximum atomic E-state index is 13.4. The fraction of sp³-hybridized carbons (Fsp3) is 0.250. The summed E-state index contributed by atoms with van der Waals surface area (Å²) in [5, 5.41) is 0. The molecular weight excluding hydrogens is 179 g/mol. The van der Waals surface area contributed by atoms with Gasteiger partial charge in [0, 0.05) is 6.42 Å². The number of carbonyl (C=O) groups excluding carboxylic acids is 1. The van der Waals surface area contributed by atoms with Crippen molar-refractivity contribution in [2.75, 3.05) is 0 Å². The number of ketones is 1. The van der Waals surface area contributed by atoms with Crippen molar-refractivity contribution in [2.45, 2.75) is 18.8 Å². The first-order valence-corrected chi connectivity index (χ1v) is 4.64. The molecule has 1 fully saturated rings. The Bertz CT molecular complexity index is 379. The number of halogens is 1. The fourth-order valence-corrected chi connectivity index (χ4v) is 1.88. The van der Waals surface area contributed by atoms with Crippen molar-refractivity contribution in [1.29, 1.82) is 0 Å². The van der Waals surface area contributed by atoms with Gasteiger partial charge in [-0.2, -0.15) is 0 Å². The van der Waals surface area contributed by atoms with Gasteiger partial charge in [-0.05, 0) is 29.5 Å². The molecule has 1 atom stereocenters. The molecule has 2 rings (SSSR count). The molecule has 0 spiro atoms. The van der Waals surface area contributed by atoms with Crippen LogP contribution in [0.25, 0.3) is 0 Å². The maximum Gasteiger partial charge on any atom is 0.158 e. The van der Waals surface area contributed by atoms with E-state index in [1.807, 2.05) is 0 Å². The van der Waals surface area contributed by atoms with Crippen LogP contribution in [0.4, 0.5) is 4.39 Å². The molecule has 0 radical (unpaired) electrons. The van der Waals surface area contributed by atoms with Crippen LogP contribution >= 0.6 is 0 Å². The first-order chi connectivity index (χ1) is 6.68. The Kier molecular flexibility index (Phi) is 2.20. The minimum absolute atomic E-state index is 0.00352. The van der Waals surface area contributed by atoms with E-state index in [9.17, 15) is 9.18 Å². The number of carbonyl (C=O) groups is 1. The summed E-state index contributed by atoms with van der Waals surface area (Å²) in [6, 6.07) is 6.63. The van der Waals surface area contributed by atoms with Gasteiger partial charge in [-0.15, -0.1) is 0 Å². The normalized spacial score (nSPS) is 21.6. The topological polar surface area (TPSA) is 17.1 Å². The predicted octanol–water partition coefficient (Wildman–Crippen LogP) is 2.83. The van der Waals surface area contributed by atoms with Gasteiger partial charge in [0.15, 0.2) is 5.78 Å². The van der Waals surface area contributed by atoms with E-state index in [1.165, 1.54) is 6.07 Å². The van der Waals surface area contributed by atoms with Crippen molar-refractivity contribution in [1.82, 2.24) is 0 Å². The highest BCUT2D eigenvalue weighted by Crippen LogP contribution is 2.35. The van der Waals surface area contributed by atoms with Gasteiger partial charge in [0.25, 0.3) is 0 Å². The van der Waals surface area contributed by atoms with Crippen LogP contribution in [0.15, 0.2) is 36.4 Å². The summed E-state index contributed by atoms with van der Waals surface area (Å²) in [7, 11) is 0. The molecular formula is C12H11FO. The Morgan fingerprint density at radius 1 is 1.29 bits per heavy atom. The second-order valence-corrected chi connectivity index (χ2v) is 3.65. The van der Waals surface area contributed by atoms with Crippen LogP contribution < -0.4 is 0 Å². The molecule has 0 amide bonds. The SMILES string of the molecule is C=C1CC(c2ccccc2F)CC1=O. The first-order valence-electron chi connectivity index (χ1n) is 4.64. The molecule has 0 aromatic heterocycles. The molecule has 0 saturated heterocycles. The Morgan fingerprint density at radius 2 is 2.00 bits per heavy atom. The minimum Gasteiger partial charge on any atom is -0.295 e. The Morgan fingerprint density at radius 3 is 2.57 bits per heavy atom. The largest absolute Gasteiger partial charge is 0.295 e. The molecule has 1 aromatic rings. The number of rotatable bonds is 1. The van der Waals surface area contributed by atoms with Gasteiger partial charge in [0.1, 0.15) is 5.82 Å². The van der Waals surface area contributed by atoms with Crippen molar-refractivity contribution in [3.05, 3.63) is 47.8 Å². The van der Waals surface area contributed by atoms with Crippen molar-refractivity contribution in [3.8, 4) is 0 Å². The Hall–Kier alpha value is -1.44. The summed E-state index contributed by atoms with van der Waals surface area (Å²) in [4.78, 5) is 11.2. The number of Topliss-reactive ketones (excluding diaryl/α,β-unsaturated/α-hetero) is 1. The van der Waals surface area contributed by atoms with Gasteiger partial charge >= 0.3 is 0 Å². The number of hydrogen-bond acceptors (Lipinski definition) is 1. The van der Waals surface area contributed by atoms with Crippen molar-refractivity contribution in [3.63, 3.8) is 0 Å². The third-order valence-corrected chi connectivity index (χ3v) is 2.66. The van der Waals surface area contributed by atoms with Crippen LogP contribution in [-0.4, -0.2) is 5.78 Å². The van der Waals surface area contributed by atoms with Crippen LogP contribution in [0.1, 0.15) is 24.3 Å². The van der Waals surface area contributed by atoms with E-state index in [4.69, 9.17) is 0 Å². The molecule has 1 saturated carbocycles. The van der Waals surface area contributed by atoms with Crippen LogP contribution in [0.5, 0.6) is 0 Å². The molecule has 1 aliphatic rings. The highest BCUT2D eigenvalue weighted by molar-refractivity contribution is 5.97. The number of hydrogen-bond donors (Lipinski definition) is 0. The van der Waals surface area contributed by atoms with Gasteiger partial charge in [-0.1, -0.05) is 24.8 Å². The standard InChI is InChI=1S/C12H11FO/c1-8-6-9(7-12(8)14)10-4-2-3-5-11(10)13/h2-5,9H,1,6-7H2. The van der Waals surface area contributed by atoms with E-state index < -0.39 is 0 Å². The highest BCUT2D eigenvalue weighted by Gasteiger charge is 2.28. The fourth-order valence-electron chi connectivity index (χ4n) is 1.88. The molecule has 1 aromatic carbocycles. The smallest absolute Gasteiger partial charge is 0.158 e. The van der Waals surface area contributed by atoms with Crippen LogP contribution in [0, 0.1) is 5.82 Å². The summed E-state index contributed by atoms with van der Waals surface area (Å²) >= 11 is 0. The highest BCUT2D eigenvalue weighted by atomic mass is 19.1. The summed E-state index contributed by atoms with van der Waals surface area (Å²) in [5.41, 5.74) is 1.26. The number of benzene rings is 1. The monoisotopic (exact) mass is 190 g/mol. The molecule has 0 heterocycles. The van der Waals surface area contributed by atoms with Gasteiger partial charge < -0.3 is 0 Å². The lowest BCUT2D eigenvalue weighted by atomic mass is 9.97. The molecule has 0 N–H and O–H groups in total. The minimum atomic E-state index is -0.222. The van der Waals surface area contributed by atoms with Gasteiger partial charge in [0.2, 0.25) is 0 Å². The first kappa shape index (κ1) is 9.13. The van der Waals surface area contributed by atoms with Crippen molar-refractivity contribution < 1.29 is 9.18 Å². The van der Waals surface area contributed by atoms with Gasteiger partial charge in [0.05, 0.1) is 0 Å². The maximum absolute atomic E-state index is 13.4. The predicted molar refractivity (Wildman–Crippen MR) is 52.5 cm³/mol. The summed E-state index contributed by atoms with van der Waals surface area (Å²) in [5.74, 6) is -0.158. The number of allylic oxidation sites excluding steroid dienone is 1. The second kappa shape index (κ2) is 3.37. The quantitative estimate of drug-likeness (QED) is 0.622. The molecule has 0 aliphatic heterocycles. The molecule has 1 aliphatic carbocycles. The zero-order chi connectivity index (χ0) is 10.1. The molecule has 1 unspecified atom stereocenters. The lowest BCUT2D eigenvalue weighted by Gasteiger charge is -2.08. The van der Waals surface area contributed by atoms with E-state index >= 15 is 0 Å². The average Bonchev–Trinajstić information content (AvgIpc) is 2.48. The Labute approximate surface area is 82.3 Å². The zero-order valence-electron chi connectivity index (χ0n) is 7.79. The van der Waals surface area contributed by atoms with E-state index in [-0.39, 0.29) is 17.5 Å². The van der Waals surface area contributed by atoms with Crippen molar-refractivity contribution in [2.24, 2.45) is 0 Å². The Balaban J connectivity index is 2.30. The van der Waals surface area contributed by atoms with Crippen LogP contribution in [0.2, 0.25) is 0 Å². The summed E-state index contributed by atoms with van der Waals surface area (Å²) in [6.45, 7) is 3.67. The average molecular weight is 190 g/mol. The summed E-state index contributed by atoms with van der Waals surface area (Å²) in [6.07, 6.45) is 1.000. The van der Waals surface area contributed by atoms with E-state index in [1.54, 1.807) is 18.2 Å². The molecule has 1 nitrogen and oxygen atoms in total. The lowest BCUT2D eigenvalue weighted by Crippen LogP contribution is -1.97.